The van der Waals surface area contributed by atoms with Crippen molar-refractivity contribution in [3.8, 4) is 0 Å². The molecule has 0 spiro atoms. The summed E-state index contributed by atoms with van der Waals surface area (Å²) in [6.07, 6.45) is 0. The van der Waals surface area contributed by atoms with E-state index in [2.05, 4.69) is 20.8 Å². The van der Waals surface area contributed by atoms with Crippen molar-refractivity contribution in [1.29, 1.82) is 0 Å². The molecule has 70 valence electrons. The van der Waals surface area contributed by atoms with E-state index in [0.717, 1.165) is 0 Å². The zero-order valence-corrected chi connectivity index (χ0v) is 8.04. The fraction of sp³-hybridized carbons (Fsp3) is 1.00. The molecule has 1 N–H and O–H groups in total. The SMILES string of the molecule is CC(C)(C)B1OCC(CO)CO1. The van der Waals surface area contributed by atoms with Crippen molar-refractivity contribution in [3.05, 3.63) is 0 Å². The van der Waals surface area contributed by atoms with Crippen molar-refractivity contribution in [2.24, 2.45) is 5.92 Å². The second kappa shape index (κ2) is 3.77. The van der Waals surface area contributed by atoms with Gasteiger partial charge in [-0.15, -0.1) is 0 Å². The Morgan fingerprint density at radius 2 is 1.83 bits per heavy atom. The average molecular weight is 172 g/mol. The molecule has 0 aromatic rings. The third-order valence-electron chi connectivity index (χ3n) is 1.93. The Kier molecular flexibility index (Phi) is 3.15. The van der Waals surface area contributed by atoms with Gasteiger partial charge in [-0.25, -0.2) is 0 Å². The van der Waals surface area contributed by atoms with Crippen LogP contribution < -0.4 is 0 Å². The zero-order chi connectivity index (χ0) is 9.19. The Labute approximate surface area is 74.2 Å². The van der Waals surface area contributed by atoms with Gasteiger partial charge in [0.2, 0.25) is 0 Å². The number of rotatable bonds is 1. The average Bonchev–Trinajstić information content (AvgIpc) is 2.03. The first-order chi connectivity index (χ1) is 5.54. The molecule has 4 heteroatoms. The van der Waals surface area contributed by atoms with Gasteiger partial charge >= 0.3 is 7.12 Å². The summed E-state index contributed by atoms with van der Waals surface area (Å²) >= 11 is 0. The Hall–Kier alpha value is -0.0551. The van der Waals surface area contributed by atoms with Gasteiger partial charge in [0.15, 0.2) is 0 Å². The predicted octanol–water partition coefficient (Wildman–Crippen LogP) is 0.930. The van der Waals surface area contributed by atoms with Gasteiger partial charge in [0.25, 0.3) is 0 Å². The van der Waals surface area contributed by atoms with Crippen LogP contribution in [0.5, 0.6) is 0 Å². The first-order valence-electron chi connectivity index (χ1n) is 4.38. The molecular weight excluding hydrogens is 155 g/mol. The Morgan fingerprint density at radius 1 is 1.33 bits per heavy atom. The highest BCUT2D eigenvalue weighted by Crippen LogP contribution is 2.30. The molecule has 1 saturated heterocycles. The van der Waals surface area contributed by atoms with Gasteiger partial charge < -0.3 is 14.4 Å². The van der Waals surface area contributed by atoms with Crippen LogP contribution in [0.15, 0.2) is 0 Å². The van der Waals surface area contributed by atoms with Crippen LogP contribution in [0.3, 0.4) is 0 Å². The molecule has 1 rings (SSSR count). The molecule has 0 saturated carbocycles. The summed E-state index contributed by atoms with van der Waals surface area (Å²) in [4.78, 5) is 0. The molecule has 1 fully saturated rings. The third kappa shape index (κ3) is 2.47. The van der Waals surface area contributed by atoms with Crippen molar-refractivity contribution in [1.82, 2.24) is 0 Å². The maximum Gasteiger partial charge on any atom is 0.462 e. The predicted molar refractivity (Wildman–Crippen MR) is 47.9 cm³/mol. The molecule has 0 unspecified atom stereocenters. The maximum absolute atomic E-state index is 8.82. The van der Waals surface area contributed by atoms with Crippen LogP contribution >= 0.6 is 0 Å². The minimum Gasteiger partial charge on any atom is -0.410 e. The normalized spacial score (nSPS) is 21.5. The first kappa shape index (κ1) is 10.0. The van der Waals surface area contributed by atoms with Crippen LogP contribution in [0.2, 0.25) is 5.31 Å². The molecule has 3 nitrogen and oxygen atoms in total. The summed E-state index contributed by atoms with van der Waals surface area (Å²) in [5.74, 6) is 0.156. The van der Waals surface area contributed by atoms with Crippen molar-refractivity contribution >= 4 is 7.12 Å². The Bertz CT molecular complexity index is 136. The van der Waals surface area contributed by atoms with Gasteiger partial charge in [-0.2, -0.15) is 0 Å². The maximum atomic E-state index is 8.82. The van der Waals surface area contributed by atoms with Gasteiger partial charge in [-0.1, -0.05) is 20.8 Å². The lowest BCUT2D eigenvalue weighted by molar-refractivity contribution is 0.0388. The number of hydrogen-bond donors (Lipinski definition) is 1. The molecule has 0 amide bonds. The second-order valence-corrected chi connectivity index (χ2v) is 4.41. The van der Waals surface area contributed by atoms with E-state index < -0.39 is 0 Å². The van der Waals surface area contributed by atoms with Crippen LogP contribution in [0.25, 0.3) is 0 Å². The summed E-state index contributed by atoms with van der Waals surface area (Å²) in [7, 11) is -0.125. The molecule has 0 aromatic carbocycles. The van der Waals surface area contributed by atoms with E-state index in [4.69, 9.17) is 14.4 Å². The summed E-state index contributed by atoms with van der Waals surface area (Å²) in [5.41, 5.74) is 0. The van der Waals surface area contributed by atoms with Gasteiger partial charge in [-0.3, -0.25) is 0 Å². The minimum atomic E-state index is -0.125. The molecule has 0 aliphatic carbocycles. The van der Waals surface area contributed by atoms with Crippen molar-refractivity contribution in [2.45, 2.75) is 26.1 Å². The van der Waals surface area contributed by atoms with E-state index in [1.165, 1.54) is 0 Å². The van der Waals surface area contributed by atoms with Crippen LogP contribution in [0.1, 0.15) is 20.8 Å². The summed E-state index contributed by atoms with van der Waals surface area (Å²) < 4.78 is 10.9. The van der Waals surface area contributed by atoms with Gasteiger partial charge in [0, 0.05) is 19.1 Å². The molecule has 1 heterocycles. The summed E-state index contributed by atoms with van der Waals surface area (Å²) in [5, 5.41) is 8.85. The smallest absolute Gasteiger partial charge is 0.410 e. The lowest BCUT2D eigenvalue weighted by Gasteiger charge is -2.32. The Morgan fingerprint density at radius 3 is 2.17 bits per heavy atom. The van der Waals surface area contributed by atoms with Crippen LogP contribution in [-0.2, 0) is 9.31 Å². The lowest BCUT2D eigenvalue weighted by atomic mass is 9.60. The molecule has 12 heavy (non-hydrogen) atoms. The highest BCUT2D eigenvalue weighted by atomic mass is 16.6. The largest absolute Gasteiger partial charge is 0.462 e. The van der Waals surface area contributed by atoms with Gasteiger partial charge in [-0.05, 0) is 5.31 Å². The quantitative estimate of drug-likeness (QED) is 0.598. The fourth-order valence-electron chi connectivity index (χ4n) is 1.15. The molecule has 0 bridgehead atoms. The van der Waals surface area contributed by atoms with Gasteiger partial charge in [0.05, 0.1) is 6.61 Å². The minimum absolute atomic E-state index is 0.0282. The highest BCUT2D eigenvalue weighted by Gasteiger charge is 2.37. The molecule has 0 aromatic heterocycles. The zero-order valence-electron chi connectivity index (χ0n) is 8.04. The monoisotopic (exact) mass is 172 g/mol. The fourth-order valence-corrected chi connectivity index (χ4v) is 1.15. The molecule has 1 aliphatic rings. The third-order valence-corrected chi connectivity index (χ3v) is 1.93. The van der Waals surface area contributed by atoms with Gasteiger partial charge in [0.1, 0.15) is 0 Å². The topological polar surface area (TPSA) is 38.7 Å². The van der Waals surface area contributed by atoms with Crippen molar-refractivity contribution in [3.63, 3.8) is 0 Å². The van der Waals surface area contributed by atoms with Crippen LogP contribution in [0.4, 0.5) is 0 Å². The molecule has 0 atom stereocenters. The van der Waals surface area contributed by atoms with E-state index in [0.29, 0.717) is 13.2 Å². The van der Waals surface area contributed by atoms with Crippen molar-refractivity contribution < 1.29 is 14.4 Å². The molecule has 1 aliphatic heterocycles. The van der Waals surface area contributed by atoms with E-state index >= 15 is 0 Å². The summed E-state index contributed by atoms with van der Waals surface area (Å²) in [6, 6.07) is 0. The van der Waals surface area contributed by atoms with Crippen LogP contribution in [-0.4, -0.2) is 32.0 Å². The number of aliphatic hydroxyl groups excluding tert-OH is 1. The van der Waals surface area contributed by atoms with E-state index in [-0.39, 0.29) is 25.0 Å². The number of hydrogen-bond acceptors (Lipinski definition) is 3. The molecule has 0 radical (unpaired) electrons. The van der Waals surface area contributed by atoms with Crippen LogP contribution in [0, 0.1) is 5.92 Å². The first-order valence-corrected chi connectivity index (χ1v) is 4.38. The lowest BCUT2D eigenvalue weighted by Crippen LogP contribution is -2.42. The van der Waals surface area contributed by atoms with E-state index in [1.54, 1.807) is 0 Å². The summed E-state index contributed by atoms with van der Waals surface area (Å²) in [6.45, 7) is 7.61. The standard InChI is InChI=1S/C8H17BO3/c1-8(2,3)9-11-5-7(4-10)6-12-9/h7,10H,4-6H2,1-3H3. The molecular formula is C8H17BO3. The van der Waals surface area contributed by atoms with Crippen molar-refractivity contribution in [2.75, 3.05) is 19.8 Å². The second-order valence-electron chi connectivity index (χ2n) is 4.41. The highest BCUT2D eigenvalue weighted by molar-refractivity contribution is 6.48. The Balaban J connectivity index is 2.36. The van der Waals surface area contributed by atoms with E-state index in [9.17, 15) is 0 Å². The number of aliphatic hydroxyl groups is 1. The van der Waals surface area contributed by atoms with E-state index in [1.807, 2.05) is 0 Å².